The SMILES string of the molecule is Cc1c(C(C)(C)C)cc(OC(C)C)c2ccccc12. The second kappa shape index (κ2) is 4.88. The van der Waals surface area contributed by atoms with E-state index in [2.05, 4.69) is 71.9 Å². The van der Waals surface area contributed by atoms with Crippen molar-refractivity contribution in [1.29, 1.82) is 0 Å². The smallest absolute Gasteiger partial charge is 0.127 e. The molecule has 0 saturated heterocycles. The summed E-state index contributed by atoms with van der Waals surface area (Å²) in [5.41, 5.74) is 2.85. The molecule has 0 bridgehead atoms. The van der Waals surface area contributed by atoms with Gasteiger partial charge in [0.15, 0.2) is 0 Å². The minimum absolute atomic E-state index is 0.128. The molecular formula is C18H24O. The fraction of sp³-hybridized carbons (Fsp3) is 0.444. The molecule has 0 radical (unpaired) electrons. The van der Waals surface area contributed by atoms with E-state index in [0.717, 1.165) is 5.75 Å². The summed E-state index contributed by atoms with van der Waals surface area (Å²) in [5.74, 6) is 1.00. The Balaban J connectivity index is 2.76. The number of hydrogen-bond acceptors (Lipinski definition) is 1. The van der Waals surface area contributed by atoms with Gasteiger partial charge in [0.1, 0.15) is 5.75 Å². The molecular weight excluding hydrogens is 232 g/mol. The van der Waals surface area contributed by atoms with Crippen LogP contribution in [0, 0.1) is 6.92 Å². The summed E-state index contributed by atoms with van der Waals surface area (Å²) in [6.45, 7) is 13.1. The van der Waals surface area contributed by atoms with E-state index in [1.807, 2.05) is 0 Å². The molecule has 2 rings (SSSR count). The van der Waals surface area contributed by atoms with Crippen molar-refractivity contribution in [2.24, 2.45) is 0 Å². The Morgan fingerprint density at radius 3 is 2.11 bits per heavy atom. The number of hydrogen-bond donors (Lipinski definition) is 0. The highest BCUT2D eigenvalue weighted by molar-refractivity contribution is 5.92. The van der Waals surface area contributed by atoms with Crippen molar-refractivity contribution >= 4 is 10.8 Å². The number of aryl methyl sites for hydroxylation is 1. The first-order valence-corrected chi connectivity index (χ1v) is 7.00. The first-order chi connectivity index (χ1) is 8.80. The van der Waals surface area contributed by atoms with Gasteiger partial charge < -0.3 is 4.74 Å². The summed E-state index contributed by atoms with van der Waals surface area (Å²) < 4.78 is 6.02. The third kappa shape index (κ3) is 2.75. The Labute approximate surface area is 116 Å². The second-order valence-electron chi connectivity index (χ2n) is 6.51. The first-order valence-electron chi connectivity index (χ1n) is 7.00. The van der Waals surface area contributed by atoms with Crippen molar-refractivity contribution in [1.82, 2.24) is 0 Å². The van der Waals surface area contributed by atoms with E-state index < -0.39 is 0 Å². The number of rotatable bonds is 2. The van der Waals surface area contributed by atoms with Crippen LogP contribution in [0.5, 0.6) is 5.75 Å². The topological polar surface area (TPSA) is 9.23 Å². The van der Waals surface area contributed by atoms with Gasteiger partial charge >= 0.3 is 0 Å². The molecule has 0 aliphatic rings. The Hall–Kier alpha value is -1.50. The maximum Gasteiger partial charge on any atom is 0.127 e. The second-order valence-corrected chi connectivity index (χ2v) is 6.51. The molecule has 0 aliphatic heterocycles. The summed E-state index contributed by atoms with van der Waals surface area (Å²) in [6, 6.07) is 10.7. The summed E-state index contributed by atoms with van der Waals surface area (Å²) in [7, 11) is 0. The van der Waals surface area contributed by atoms with Crippen LogP contribution >= 0.6 is 0 Å². The summed E-state index contributed by atoms with van der Waals surface area (Å²) in [6.07, 6.45) is 0.193. The molecule has 19 heavy (non-hydrogen) atoms. The minimum atomic E-state index is 0.128. The van der Waals surface area contributed by atoms with Crippen LogP contribution in [0.2, 0.25) is 0 Å². The van der Waals surface area contributed by atoms with E-state index in [1.54, 1.807) is 0 Å². The monoisotopic (exact) mass is 256 g/mol. The van der Waals surface area contributed by atoms with Crippen LogP contribution in [-0.2, 0) is 5.41 Å². The van der Waals surface area contributed by atoms with Crippen molar-refractivity contribution < 1.29 is 4.74 Å². The highest BCUT2D eigenvalue weighted by Crippen LogP contribution is 2.37. The van der Waals surface area contributed by atoms with Crippen molar-refractivity contribution in [2.75, 3.05) is 0 Å². The van der Waals surface area contributed by atoms with Crippen LogP contribution in [0.3, 0.4) is 0 Å². The Morgan fingerprint density at radius 1 is 1.00 bits per heavy atom. The molecule has 0 aromatic heterocycles. The lowest BCUT2D eigenvalue weighted by Gasteiger charge is -2.25. The van der Waals surface area contributed by atoms with Crippen LogP contribution in [0.1, 0.15) is 45.7 Å². The molecule has 2 aromatic rings. The highest BCUT2D eigenvalue weighted by Gasteiger charge is 2.20. The zero-order chi connectivity index (χ0) is 14.2. The van der Waals surface area contributed by atoms with Crippen LogP contribution in [-0.4, -0.2) is 6.10 Å². The van der Waals surface area contributed by atoms with Gasteiger partial charge in [0, 0.05) is 5.39 Å². The van der Waals surface area contributed by atoms with E-state index in [0.29, 0.717) is 0 Å². The van der Waals surface area contributed by atoms with Crippen molar-refractivity contribution in [3.05, 3.63) is 41.5 Å². The summed E-state index contributed by atoms with van der Waals surface area (Å²) in [4.78, 5) is 0. The molecule has 0 aliphatic carbocycles. The lowest BCUT2D eigenvalue weighted by Crippen LogP contribution is -2.15. The maximum absolute atomic E-state index is 6.02. The lowest BCUT2D eigenvalue weighted by molar-refractivity contribution is 0.245. The van der Waals surface area contributed by atoms with E-state index in [-0.39, 0.29) is 11.5 Å². The zero-order valence-electron chi connectivity index (χ0n) is 12.9. The average Bonchev–Trinajstić information content (AvgIpc) is 2.31. The van der Waals surface area contributed by atoms with Gasteiger partial charge in [0.2, 0.25) is 0 Å². The van der Waals surface area contributed by atoms with E-state index in [1.165, 1.54) is 21.9 Å². The highest BCUT2D eigenvalue weighted by atomic mass is 16.5. The van der Waals surface area contributed by atoms with Gasteiger partial charge in [0.25, 0.3) is 0 Å². The Bertz CT molecular complexity index is 588. The van der Waals surface area contributed by atoms with Crippen LogP contribution in [0.15, 0.2) is 30.3 Å². The van der Waals surface area contributed by atoms with Gasteiger partial charge in [0.05, 0.1) is 6.10 Å². The molecule has 0 atom stereocenters. The summed E-state index contributed by atoms with van der Waals surface area (Å²) >= 11 is 0. The number of ether oxygens (including phenoxy) is 1. The maximum atomic E-state index is 6.02. The molecule has 0 N–H and O–H groups in total. The van der Waals surface area contributed by atoms with Gasteiger partial charge in [-0.25, -0.2) is 0 Å². The van der Waals surface area contributed by atoms with Gasteiger partial charge in [-0.3, -0.25) is 0 Å². The molecule has 102 valence electrons. The molecule has 0 fully saturated rings. The van der Waals surface area contributed by atoms with Crippen molar-refractivity contribution in [2.45, 2.75) is 53.1 Å². The van der Waals surface area contributed by atoms with Crippen molar-refractivity contribution in [3.8, 4) is 5.75 Å². The van der Waals surface area contributed by atoms with Gasteiger partial charge in [-0.2, -0.15) is 0 Å². The van der Waals surface area contributed by atoms with E-state index >= 15 is 0 Å². The van der Waals surface area contributed by atoms with Gasteiger partial charge in [-0.1, -0.05) is 45.0 Å². The fourth-order valence-electron chi connectivity index (χ4n) is 2.62. The number of benzene rings is 2. The largest absolute Gasteiger partial charge is 0.490 e. The quantitative estimate of drug-likeness (QED) is 0.714. The third-order valence-corrected chi connectivity index (χ3v) is 3.45. The molecule has 0 heterocycles. The van der Waals surface area contributed by atoms with Crippen molar-refractivity contribution in [3.63, 3.8) is 0 Å². The zero-order valence-corrected chi connectivity index (χ0v) is 12.9. The van der Waals surface area contributed by atoms with Crippen LogP contribution < -0.4 is 4.74 Å². The molecule has 0 amide bonds. The third-order valence-electron chi connectivity index (χ3n) is 3.45. The average molecular weight is 256 g/mol. The first kappa shape index (κ1) is 13.9. The molecule has 1 heteroatoms. The van der Waals surface area contributed by atoms with E-state index in [4.69, 9.17) is 4.74 Å². The van der Waals surface area contributed by atoms with Crippen LogP contribution in [0.25, 0.3) is 10.8 Å². The predicted octanol–water partition coefficient (Wildman–Crippen LogP) is 5.23. The number of fused-ring (bicyclic) bond motifs is 1. The van der Waals surface area contributed by atoms with Gasteiger partial charge in [-0.05, 0) is 48.8 Å². The molecule has 0 spiro atoms. The normalized spacial score (nSPS) is 12.2. The Morgan fingerprint density at radius 2 is 1.58 bits per heavy atom. The lowest BCUT2D eigenvalue weighted by atomic mass is 9.82. The van der Waals surface area contributed by atoms with Gasteiger partial charge in [-0.15, -0.1) is 0 Å². The van der Waals surface area contributed by atoms with E-state index in [9.17, 15) is 0 Å². The Kier molecular flexibility index (Phi) is 3.58. The standard InChI is InChI=1S/C18H24O/c1-12(2)19-17-11-16(18(4,5)6)13(3)14-9-7-8-10-15(14)17/h7-12H,1-6H3. The minimum Gasteiger partial charge on any atom is -0.490 e. The molecule has 0 unspecified atom stereocenters. The molecule has 2 aromatic carbocycles. The predicted molar refractivity (Wildman–Crippen MR) is 83.1 cm³/mol. The summed E-state index contributed by atoms with van der Waals surface area (Å²) in [5, 5.41) is 2.51. The fourth-order valence-corrected chi connectivity index (χ4v) is 2.62. The molecule has 0 saturated carbocycles. The van der Waals surface area contributed by atoms with Crippen LogP contribution in [0.4, 0.5) is 0 Å². The molecule has 1 nitrogen and oxygen atoms in total.